The fourth-order valence-corrected chi connectivity index (χ4v) is 1.72. The SMILES string of the molecule is COC(=O)c1ncccc1N(C(=O)OC(C)(C)C)C(=O)OC(C)(C)C. The molecule has 0 aliphatic heterocycles. The number of ether oxygens (including phenoxy) is 3. The summed E-state index contributed by atoms with van der Waals surface area (Å²) < 4.78 is 15.2. The zero-order chi connectivity index (χ0) is 19.4. The first-order valence-corrected chi connectivity index (χ1v) is 7.65. The van der Waals surface area contributed by atoms with E-state index in [-0.39, 0.29) is 11.4 Å². The lowest BCUT2D eigenvalue weighted by Crippen LogP contribution is -2.44. The molecule has 0 aliphatic carbocycles. The van der Waals surface area contributed by atoms with E-state index in [0.29, 0.717) is 4.90 Å². The predicted octanol–water partition coefficient (Wildman–Crippen LogP) is 3.54. The Labute approximate surface area is 147 Å². The molecule has 8 heteroatoms. The summed E-state index contributed by atoms with van der Waals surface area (Å²) >= 11 is 0. The quantitative estimate of drug-likeness (QED) is 0.593. The van der Waals surface area contributed by atoms with E-state index in [2.05, 4.69) is 9.72 Å². The lowest BCUT2D eigenvalue weighted by atomic mass is 10.2. The van der Waals surface area contributed by atoms with E-state index in [1.807, 2.05) is 0 Å². The van der Waals surface area contributed by atoms with Crippen LogP contribution < -0.4 is 4.90 Å². The highest BCUT2D eigenvalue weighted by molar-refractivity contribution is 6.12. The summed E-state index contributed by atoms with van der Waals surface area (Å²) in [6, 6.07) is 2.86. The van der Waals surface area contributed by atoms with E-state index in [9.17, 15) is 14.4 Å². The molecule has 0 aliphatic rings. The Kier molecular flexibility index (Phi) is 6.12. The smallest absolute Gasteiger partial charge is 0.424 e. The standard InChI is InChI=1S/C17H24N2O6/c1-16(2,3)24-14(21)19(15(22)25-17(4,5)6)11-9-8-10-18-12(11)13(20)23-7/h8-10H,1-7H3. The molecular formula is C17H24N2O6. The van der Waals surface area contributed by atoms with E-state index in [1.54, 1.807) is 41.5 Å². The number of nitrogens with zero attached hydrogens (tertiary/aromatic N) is 2. The molecule has 0 spiro atoms. The summed E-state index contributed by atoms with van der Waals surface area (Å²) in [4.78, 5) is 41.6. The van der Waals surface area contributed by atoms with Gasteiger partial charge in [0.15, 0.2) is 5.69 Å². The average molecular weight is 352 g/mol. The van der Waals surface area contributed by atoms with Crippen molar-refractivity contribution < 1.29 is 28.6 Å². The third kappa shape index (κ3) is 6.06. The first-order chi connectivity index (χ1) is 11.4. The van der Waals surface area contributed by atoms with Crippen molar-refractivity contribution in [2.75, 3.05) is 12.0 Å². The molecule has 0 radical (unpaired) electrons. The highest BCUT2D eigenvalue weighted by atomic mass is 16.6. The molecule has 1 heterocycles. The van der Waals surface area contributed by atoms with Gasteiger partial charge in [0.25, 0.3) is 0 Å². The Bertz CT molecular complexity index is 630. The fourth-order valence-electron chi connectivity index (χ4n) is 1.72. The van der Waals surface area contributed by atoms with E-state index < -0.39 is 29.4 Å². The normalized spacial score (nSPS) is 11.5. The molecular weight excluding hydrogens is 328 g/mol. The number of hydrogen-bond acceptors (Lipinski definition) is 7. The summed E-state index contributed by atoms with van der Waals surface area (Å²) in [6.45, 7) is 9.93. The molecule has 138 valence electrons. The number of carbonyl (C=O) groups is 3. The maximum atomic E-state index is 12.6. The molecule has 0 saturated carbocycles. The molecule has 2 amide bonds. The number of pyridine rings is 1. The van der Waals surface area contributed by atoms with Crippen molar-refractivity contribution in [3.8, 4) is 0 Å². The minimum atomic E-state index is -0.986. The van der Waals surface area contributed by atoms with Gasteiger partial charge in [-0.3, -0.25) is 0 Å². The zero-order valence-electron chi connectivity index (χ0n) is 15.6. The molecule has 1 aromatic rings. The molecule has 25 heavy (non-hydrogen) atoms. The van der Waals surface area contributed by atoms with E-state index in [1.165, 1.54) is 25.4 Å². The number of imide groups is 1. The molecule has 8 nitrogen and oxygen atoms in total. The summed E-state index contributed by atoms with van der Waals surface area (Å²) in [6.07, 6.45) is -0.627. The van der Waals surface area contributed by atoms with Crippen LogP contribution in [0, 0.1) is 0 Å². The van der Waals surface area contributed by atoms with Gasteiger partial charge in [-0.05, 0) is 53.7 Å². The van der Waals surface area contributed by atoms with E-state index >= 15 is 0 Å². The van der Waals surface area contributed by atoms with Crippen LogP contribution in [0.1, 0.15) is 52.0 Å². The van der Waals surface area contributed by atoms with Crippen molar-refractivity contribution in [3.05, 3.63) is 24.0 Å². The zero-order valence-corrected chi connectivity index (χ0v) is 15.6. The van der Waals surface area contributed by atoms with Gasteiger partial charge in [0.05, 0.1) is 12.8 Å². The van der Waals surface area contributed by atoms with Crippen LogP contribution in [-0.4, -0.2) is 41.5 Å². The van der Waals surface area contributed by atoms with Crippen LogP contribution in [0.3, 0.4) is 0 Å². The molecule has 0 N–H and O–H groups in total. The molecule has 0 atom stereocenters. The second-order valence-corrected chi connectivity index (χ2v) is 7.16. The average Bonchev–Trinajstić information content (AvgIpc) is 2.43. The van der Waals surface area contributed by atoms with Crippen molar-refractivity contribution in [3.63, 3.8) is 0 Å². The Balaban J connectivity index is 3.40. The number of hydrogen-bond donors (Lipinski definition) is 0. The second-order valence-electron chi connectivity index (χ2n) is 7.16. The number of rotatable bonds is 2. The predicted molar refractivity (Wildman–Crippen MR) is 90.5 cm³/mol. The summed E-state index contributed by atoms with van der Waals surface area (Å²) in [5.74, 6) is -0.798. The third-order valence-corrected chi connectivity index (χ3v) is 2.56. The van der Waals surface area contributed by atoms with Crippen molar-refractivity contribution >= 4 is 23.8 Å². The molecule has 0 unspecified atom stereocenters. The van der Waals surface area contributed by atoms with Crippen LogP contribution in [0.5, 0.6) is 0 Å². The maximum Gasteiger partial charge on any atom is 0.424 e. The molecule has 0 aromatic carbocycles. The van der Waals surface area contributed by atoms with Crippen molar-refractivity contribution in [2.24, 2.45) is 0 Å². The van der Waals surface area contributed by atoms with Gasteiger partial charge < -0.3 is 14.2 Å². The van der Waals surface area contributed by atoms with Gasteiger partial charge in [-0.2, -0.15) is 4.90 Å². The van der Waals surface area contributed by atoms with Gasteiger partial charge in [-0.15, -0.1) is 0 Å². The lowest BCUT2D eigenvalue weighted by molar-refractivity contribution is 0.0430. The number of aromatic nitrogens is 1. The Hall–Kier alpha value is -2.64. The number of anilines is 1. The van der Waals surface area contributed by atoms with Crippen molar-refractivity contribution in [2.45, 2.75) is 52.7 Å². The summed E-state index contributed by atoms with van der Waals surface area (Å²) in [7, 11) is 1.17. The molecule has 0 bridgehead atoms. The van der Waals surface area contributed by atoms with Gasteiger partial charge in [-0.1, -0.05) is 0 Å². The van der Waals surface area contributed by atoms with Crippen LogP contribution in [0.4, 0.5) is 15.3 Å². The van der Waals surface area contributed by atoms with Gasteiger partial charge >= 0.3 is 18.2 Å². The minimum absolute atomic E-state index is 0.0853. The first-order valence-electron chi connectivity index (χ1n) is 7.65. The van der Waals surface area contributed by atoms with Crippen molar-refractivity contribution in [1.82, 2.24) is 4.98 Å². The third-order valence-electron chi connectivity index (χ3n) is 2.56. The highest BCUT2D eigenvalue weighted by Crippen LogP contribution is 2.24. The van der Waals surface area contributed by atoms with Crippen LogP contribution in [0.25, 0.3) is 0 Å². The monoisotopic (exact) mass is 352 g/mol. The Morgan fingerprint density at radius 2 is 1.44 bits per heavy atom. The molecule has 0 fully saturated rings. The number of carbonyl (C=O) groups excluding carboxylic acids is 3. The Morgan fingerprint density at radius 1 is 0.960 bits per heavy atom. The van der Waals surface area contributed by atoms with Gasteiger partial charge in [-0.25, -0.2) is 19.4 Å². The van der Waals surface area contributed by atoms with Gasteiger partial charge in [0.1, 0.15) is 11.2 Å². The molecule has 1 aromatic heterocycles. The Morgan fingerprint density at radius 3 is 1.84 bits per heavy atom. The number of amides is 2. The van der Waals surface area contributed by atoms with E-state index in [4.69, 9.17) is 9.47 Å². The van der Waals surface area contributed by atoms with Gasteiger partial charge in [0.2, 0.25) is 0 Å². The van der Waals surface area contributed by atoms with Crippen LogP contribution >= 0.6 is 0 Å². The van der Waals surface area contributed by atoms with Crippen LogP contribution in [0.15, 0.2) is 18.3 Å². The van der Waals surface area contributed by atoms with Crippen molar-refractivity contribution in [1.29, 1.82) is 0 Å². The van der Waals surface area contributed by atoms with Crippen LogP contribution in [-0.2, 0) is 14.2 Å². The number of methoxy groups -OCH3 is 1. The van der Waals surface area contributed by atoms with Gasteiger partial charge in [0, 0.05) is 6.20 Å². The topological polar surface area (TPSA) is 95.0 Å². The highest BCUT2D eigenvalue weighted by Gasteiger charge is 2.35. The first kappa shape index (κ1) is 20.4. The summed E-state index contributed by atoms with van der Waals surface area (Å²) in [5, 5.41) is 0. The summed E-state index contributed by atoms with van der Waals surface area (Å²) in [5.41, 5.74) is -2.00. The largest absolute Gasteiger partial charge is 0.464 e. The lowest BCUT2D eigenvalue weighted by Gasteiger charge is -2.29. The molecule has 0 saturated heterocycles. The fraction of sp³-hybridized carbons (Fsp3) is 0.529. The second kappa shape index (κ2) is 7.50. The number of esters is 1. The maximum absolute atomic E-state index is 12.6. The minimum Gasteiger partial charge on any atom is -0.464 e. The van der Waals surface area contributed by atoms with E-state index in [0.717, 1.165) is 0 Å². The van der Waals surface area contributed by atoms with Crippen LogP contribution in [0.2, 0.25) is 0 Å². The molecule has 1 rings (SSSR count).